The molecule has 0 aliphatic rings. The lowest BCUT2D eigenvalue weighted by molar-refractivity contribution is -0.137. The largest absolute Gasteiger partial charge is 0.417 e. The highest BCUT2D eigenvalue weighted by Gasteiger charge is 2.30. The van der Waals surface area contributed by atoms with Gasteiger partial charge in [0.2, 0.25) is 0 Å². The van der Waals surface area contributed by atoms with E-state index in [0.717, 1.165) is 10.5 Å². The normalized spacial score (nSPS) is 13.2. The van der Waals surface area contributed by atoms with Crippen molar-refractivity contribution in [3.63, 3.8) is 0 Å². The topological polar surface area (TPSA) is 33.1 Å². The number of benzene rings is 1. The van der Waals surface area contributed by atoms with E-state index in [4.69, 9.17) is 11.6 Å². The summed E-state index contributed by atoms with van der Waals surface area (Å²) in [6.45, 7) is 0. The summed E-state index contributed by atoms with van der Waals surface area (Å²) in [6, 6.07) is 7.26. The Morgan fingerprint density at radius 1 is 1.24 bits per heavy atom. The van der Waals surface area contributed by atoms with Crippen LogP contribution >= 0.6 is 27.5 Å². The second-order valence-electron chi connectivity index (χ2n) is 4.43. The number of rotatable bonds is 3. The standard InChI is InChI=1S/C14H10BrClF3NO/c15-10-3-1-8(11(16)6-10)5-13(21)12-4-2-9(7-20-12)14(17,18)19/h1-4,6-7,13,21H,5H2. The van der Waals surface area contributed by atoms with E-state index in [1.807, 2.05) is 0 Å². The first-order valence-corrected chi connectivity index (χ1v) is 7.09. The minimum Gasteiger partial charge on any atom is -0.386 e. The molecule has 0 aliphatic carbocycles. The fourth-order valence-corrected chi connectivity index (χ4v) is 2.52. The predicted octanol–water partition coefficient (Wildman–Crippen LogP) is 4.79. The maximum atomic E-state index is 12.4. The highest BCUT2D eigenvalue weighted by Crippen LogP contribution is 2.30. The first kappa shape index (κ1) is 16.3. The molecule has 7 heteroatoms. The molecule has 0 amide bonds. The summed E-state index contributed by atoms with van der Waals surface area (Å²) in [6.07, 6.45) is -4.58. The Bertz CT molecular complexity index is 631. The van der Waals surface area contributed by atoms with Gasteiger partial charge >= 0.3 is 6.18 Å². The number of nitrogens with zero attached hydrogens (tertiary/aromatic N) is 1. The number of alkyl halides is 3. The van der Waals surface area contributed by atoms with Crippen LogP contribution < -0.4 is 0 Å². The first-order valence-electron chi connectivity index (χ1n) is 5.92. The van der Waals surface area contributed by atoms with Gasteiger partial charge in [-0.25, -0.2) is 0 Å². The quantitative estimate of drug-likeness (QED) is 0.830. The van der Waals surface area contributed by atoms with Gasteiger partial charge in [-0.2, -0.15) is 13.2 Å². The van der Waals surface area contributed by atoms with Gasteiger partial charge in [0.25, 0.3) is 0 Å². The highest BCUT2D eigenvalue weighted by atomic mass is 79.9. The fourth-order valence-electron chi connectivity index (χ4n) is 1.77. The lowest BCUT2D eigenvalue weighted by atomic mass is 10.0. The van der Waals surface area contributed by atoms with Crippen LogP contribution in [0.1, 0.15) is 22.9 Å². The Hall–Kier alpha value is -1.11. The molecule has 1 heterocycles. The van der Waals surface area contributed by atoms with Crippen molar-refractivity contribution < 1.29 is 18.3 Å². The van der Waals surface area contributed by atoms with E-state index in [2.05, 4.69) is 20.9 Å². The van der Waals surface area contributed by atoms with Crippen molar-refractivity contribution in [1.82, 2.24) is 4.98 Å². The van der Waals surface area contributed by atoms with E-state index < -0.39 is 17.8 Å². The number of pyridine rings is 1. The van der Waals surface area contributed by atoms with E-state index in [0.29, 0.717) is 16.8 Å². The number of hydrogen-bond donors (Lipinski definition) is 1. The van der Waals surface area contributed by atoms with E-state index >= 15 is 0 Å². The van der Waals surface area contributed by atoms with Gasteiger partial charge in [-0.05, 0) is 29.8 Å². The maximum absolute atomic E-state index is 12.4. The molecule has 0 spiro atoms. The Labute approximate surface area is 132 Å². The molecule has 0 saturated heterocycles. The van der Waals surface area contributed by atoms with Crippen molar-refractivity contribution in [2.75, 3.05) is 0 Å². The molecular weight excluding hydrogens is 371 g/mol. The lowest BCUT2D eigenvalue weighted by Crippen LogP contribution is -2.09. The van der Waals surface area contributed by atoms with Crippen LogP contribution in [0, 0.1) is 0 Å². The van der Waals surface area contributed by atoms with Crippen molar-refractivity contribution in [1.29, 1.82) is 0 Å². The zero-order valence-corrected chi connectivity index (χ0v) is 12.9. The molecule has 1 aromatic carbocycles. The molecule has 2 aromatic rings. The third kappa shape index (κ3) is 4.18. The minimum atomic E-state index is -4.44. The minimum absolute atomic E-state index is 0.169. The van der Waals surface area contributed by atoms with Crippen LogP contribution in [-0.4, -0.2) is 10.1 Å². The monoisotopic (exact) mass is 379 g/mol. The predicted molar refractivity (Wildman–Crippen MR) is 77.1 cm³/mol. The van der Waals surface area contributed by atoms with Crippen LogP contribution in [0.2, 0.25) is 5.02 Å². The summed E-state index contributed by atoms with van der Waals surface area (Å²) in [7, 11) is 0. The molecule has 0 bridgehead atoms. The van der Waals surface area contributed by atoms with Gasteiger partial charge in [0.05, 0.1) is 17.4 Å². The van der Waals surface area contributed by atoms with Crippen LogP contribution in [0.3, 0.4) is 0 Å². The summed E-state index contributed by atoms with van der Waals surface area (Å²) < 4.78 is 38.1. The lowest BCUT2D eigenvalue weighted by Gasteiger charge is -2.13. The van der Waals surface area contributed by atoms with E-state index in [1.165, 1.54) is 6.07 Å². The molecule has 0 radical (unpaired) electrons. The van der Waals surface area contributed by atoms with Crippen molar-refractivity contribution in [2.45, 2.75) is 18.7 Å². The summed E-state index contributed by atoms with van der Waals surface area (Å²) in [5, 5.41) is 10.5. The molecule has 2 rings (SSSR count). The number of aliphatic hydroxyl groups excluding tert-OH is 1. The van der Waals surface area contributed by atoms with Crippen molar-refractivity contribution in [3.8, 4) is 0 Å². The molecule has 1 unspecified atom stereocenters. The Kier molecular flexibility index (Phi) is 4.91. The molecule has 112 valence electrons. The van der Waals surface area contributed by atoms with Gasteiger partial charge in [-0.3, -0.25) is 4.98 Å². The average molecular weight is 381 g/mol. The van der Waals surface area contributed by atoms with Crippen LogP contribution in [0.5, 0.6) is 0 Å². The molecule has 1 aromatic heterocycles. The Morgan fingerprint density at radius 3 is 2.48 bits per heavy atom. The molecule has 21 heavy (non-hydrogen) atoms. The molecule has 2 nitrogen and oxygen atoms in total. The van der Waals surface area contributed by atoms with Crippen LogP contribution in [0.4, 0.5) is 13.2 Å². The van der Waals surface area contributed by atoms with E-state index in [1.54, 1.807) is 18.2 Å². The highest BCUT2D eigenvalue weighted by molar-refractivity contribution is 9.10. The Balaban J connectivity index is 2.15. The van der Waals surface area contributed by atoms with Crippen molar-refractivity contribution in [2.24, 2.45) is 0 Å². The zero-order valence-electron chi connectivity index (χ0n) is 10.5. The van der Waals surface area contributed by atoms with Crippen LogP contribution in [-0.2, 0) is 12.6 Å². The third-order valence-electron chi connectivity index (χ3n) is 2.88. The van der Waals surface area contributed by atoms with E-state index in [9.17, 15) is 18.3 Å². The number of halogens is 5. The van der Waals surface area contributed by atoms with Gasteiger partial charge < -0.3 is 5.11 Å². The second-order valence-corrected chi connectivity index (χ2v) is 5.75. The van der Waals surface area contributed by atoms with Crippen LogP contribution in [0.15, 0.2) is 41.0 Å². The molecule has 0 fully saturated rings. The Morgan fingerprint density at radius 2 is 1.95 bits per heavy atom. The zero-order chi connectivity index (χ0) is 15.6. The summed E-state index contributed by atoms with van der Waals surface area (Å²) in [5.41, 5.74) is 0.0103. The second kappa shape index (κ2) is 6.34. The summed E-state index contributed by atoms with van der Waals surface area (Å²) in [5.74, 6) is 0. The SMILES string of the molecule is OC(Cc1ccc(Br)cc1Cl)c1ccc(C(F)(F)F)cn1. The van der Waals surface area contributed by atoms with Crippen molar-refractivity contribution in [3.05, 3.63) is 62.8 Å². The third-order valence-corrected chi connectivity index (χ3v) is 3.73. The molecule has 1 N–H and O–H groups in total. The summed E-state index contributed by atoms with van der Waals surface area (Å²) in [4.78, 5) is 3.67. The van der Waals surface area contributed by atoms with E-state index in [-0.39, 0.29) is 12.1 Å². The molecule has 0 aliphatic heterocycles. The molecular formula is C14H10BrClF3NO. The first-order chi connectivity index (χ1) is 9.77. The number of aromatic nitrogens is 1. The average Bonchev–Trinajstić information content (AvgIpc) is 2.41. The number of aliphatic hydroxyl groups is 1. The van der Waals surface area contributed by atoms with Gasteiger partial charge in [0.1, 0.15) is 0 Å². The smallest absolute Gasteiger partial charge is 0.386 e. The van der Waals surface area contributed by atoms with Crippen LogP contribution in [0.25, 0.3) is 0 Å². The van der Waals surface area contributed by atoms with Crippen molar-refractivity contribution >= 4 is 27.5 Å². The molecule has 1 atom stereocenters. The van der Waals surface area contributed by atoms with Gasteiger partial charge in [0.15, 0.2) is 0 Å². The molecule has 0 saturated carbocycles. The summed E-state index contributed by atoms with van der Waals surface area (Å²) >= 11 is 9.30. The fraction of sp³-hybridized carbons (Fsp3) is 0.214. The maximum Gasteiger partial charge on any atom is 0.417 e. The number of hydrogen-bond acceptors (Lipinski definition) is 2. The van der Waals surface area contributed by atoms with Gasteiger partial charge in [0, 0.05) is 22.1 Å². The van der Waals surface area contributed by atoms with Gasteiger partial charge in [-0.1, -0.05) is 33.6 Å². The van der Waals surface area contributed by atoms with Gasteiger partial charge in [-0.15, -0.1) is 0 Å².